The first-order chi connectivity index (χ1) is 12.0. The van der Waals surface area contributed by atoms with Crippen LogP contribution in [0.2, 0.25) is 0 Å². The van der Waals surface area contributed by atoms with E-state index in [9.17, 15) is 14.0 Å². The third-order valence-electron chi connectivity index (χ3n) is 3.16. The molecule has 0 saturated heterocycles. The molecule has 25 heavy (non-hydrogen) atoms. The largest absolute Gasteiger partial charge is 0.462 e. The van der Waals surface area contributed by atoms with Gasteiger partial charge in [0.05, 0.1) is 17.7 Å². The average molecular weight is 360 g/mol. The molecule has 0 fully saturated rings. The van der Waals surface area contributed by atoms with Gasteiger partial charge in [-0.05, 0) is 55.0 Å². The summed E-state index contributed by atoms with van der Waals surface area (Å²) in [6.45, 7) is 2.28. The van der Waals surface area contributed by atoms with Crippen LogP contribution in [-0.2, 0) is 4.74 Å². The molecule has 5 nitrogen and oxygen atoms in total. The predicted molar refractivity (Wildman–Crippen MR) is 97.1 cm³/mol. The highest BCUT2D eigenvalue weighted by Gasteiger charge is 2.12. The maximum atomic E-state index is 13.6. The molecule has 0 unspecified atom stereocenters. The predicted octanol–water partition coefficient (Wildman–Crippen LogP) is 3.52. The highest BCUT2D eigenvalue weighted by Crippen LogP contribution is 2.11. The van der Waals surface area contributed by atoms with Crippen LogP contribution in [0.4, 0.5) is 10.1 Å². The van der Waals surface area contributed by atoms with Crippen molar-refractivity contribution in [3.8, 4) is 0 Å². The lowest BCUT2D eigenvalue weighted by Crippen LogP contribution is -2.34. The molecule has 0 spiro atoms. The third kappa shape index (κ3) is 5.36. The van der Waals surface area contributed by atoms with Crippen LogP contribution in [0.1, 0.15) is 34.1 Å². The first-order valence-corrected chi connectivity index (χ1v) is 8.06. The van der Waals surface area contributed by atoms with Gasteiger partial charge in [-0.1, -0.05) is 19.1 Å². The molecule has 0 saturated carbocycles. The van der Waals surface area contributed by atoms with Crippen LogP contribution < -0.4 is 10.6 Å². The minimum atomic E-state index is -0.643. The van der Waals surface area contributed by atoms with E-state index in [0.717, 1.165) is 6.42 Å². The standard InChI is InChI=1S/C18H17FN2O3S/c1-2-11-24-17(23)12-7-9-13(10-8-12)20-18(25)21-16(22)14-5-3-4-6-15(14)19/h3-10H,2,11H2,1H3,(H2,20,21,22,25). The van der Waals surface area contributed by atoms with Gasteiger partial charge in [0.15, 0.2) is 5.11 Å². The number of carbonyl (C=O) groups is 2. The van der Waals surface area contributed by atoms with E-state index in [1.54, 1.807) is 30.3 Å². The molecule has 0 aliphatic heterocycles. The van der Waals surface area contributed by atoms with E-state index in [0.29, 0.717) is 17.9 Å². The second kappa shape index (κ2) is 8.89. The highest BCUT2D eigenvalue weighted by atomic mass is 32.1. The normalized spacial score (nSPS) is 10.0. The molecular formula is C18H17FN2O3S. The number of nitrogens with one attached hydrogen (secondary N) is 2. The van der Waals surface area contributed by atoms with E-state index in [1.165, 1.54) is 18.2 Å². The summed E-state index contributed by atoms with van der Waals surface area (Å²) in [6, 6.07) is 12.0. The Kier molecular flexibility index (Phi) is 6.59. The average Bonchev–Trinajstić information content (AvgIpc) is 2.60. The van der Waals surface area contributed by atoms with Gasteiger partial charge in [0.2, 0.25) is 0 Å². The molecule has 2 rings (SSSR count). The summed E-state index contributed by atoms with van der Waals surface area (Å²) in [4.78, 5) is 23.7. The molecule has 0 aliphatic rings. The minimum Gasteiger partial charge on any atom is -0.462 e. The van der Waals surface area contributed by atoms with E-state index in [4.69, 9.17) is 17.0 Å². The highest BCUT2D eigenvalue weighted by molar-refractivity contribution is 7.80. The molecule has 0 heterocycles. The van der Waals surface area contributed by atoms with Crippen molar-refractivity contribution in [1.82, 2.24) is 5.32 Å². The minimum absolute atomic E-state index is 0.0227. The summed E-state index contributed by atoms with van der Waals surface area (Å²) >= 11 is 5.04. The van der Waals surface area contributed by atoms with Crippen LogP contribution in [0.3, 0.4) is 0 Å². The van der Waals surface area contributed by atoms with Crippen LogP contribution in [0, 0.1) is 5.82 Å². The maximum Gasteiger partial charge on any atom is 0.338 e. The molecule has 0 bridgehead atoms. The third-order valence-corrected chi connectivity index (χ3v) is 3.37. The number of hydrogen-bond acceptors (Lipinski definition) is 4. The molecule has 0 aliphatic carbocycles. The fraction of sp³-hybridized carbons (Fsp3) is 0.167. The van der Waals surface area contributed by atoms with Gasteiger partial charge in [0.25, 0.3) is 5.91 Å². The number of rotatable bonds is 5. The maximum absolute atomic E-state index is 13.6. The number of thiocarbonyl (C=S) groups is 1. The Bertz CT molecular complexity index is 778. The fourth-order valence-corrected chi connectivity index (χ4v) is 2.16. The number of benzene rings is 2. The van der Waals surface area contributed by atoms with Gasteiger partial charge in [0.1, 0.15) is 5.82 Å². The quantitative estimate of drug-likeness (QED) is 0.631. The smallest absolute Gasteiger partial charge is 0.338 e. The summed E-state index contributed by atoms with van der Waals surface area (Å²) in [5.41, 5.74) is 0.895. The number of ether oxygens (including phenoxy) is 1. The second-order valence-electron chi connectivity index (χ2n) is 5.10. The summed E-state index contributed by atoms with van der Waals surface area (Å²) in [5.74, 6) is -1.67. The topological polar surface area (TPSA) is 67.4 Å². The zero-order valence-corrected chi connectivity index (χ0v) is 14.4. The SMILES string of the molecule is CCCOC(=O)c1ccc(NC(=S)NC(=O)c2ccccc2F)cc1. The van der Waals surface area contributed by atoms with Crippen molar-refractivity contribution in [2.75, 3.05) is 11.9 Å². The van der Waals surface area contributed by atoms with Gasteiger partial charge in [-0.25, -0.2) is 9.18 Å². The lowest BCUT2D eigenvalue weighted by atomic mass is 10.2. The molecular weight excluding hydrogens is 343 g/mol. The number of esters is 1. The van der Waals surface area contributed by atoms with E-state index in [1.807, 2.05) is 6.92 Å². The van der Waals surface area contributed by atoms with Crippen molar-refractivity contribution in [2.45, 2.75) is 13.3 Å². The number of anilines is 1. The Morgan fingerprint density at radius 3 is 2.44 bits per heavy atom. The Labute approximate surface area is 150 Å². The molecule has 1 amide bonds. The lowest BCUT2D eigenvalue weighted by Gasteiger charge is -2.10. The number of amides is 1. The van der Waals surface area contributed by atoms with Crippen molar-refractivity contribution in [3.63, 3.8) is 0 Å². The Morgan fingerprint density at radius 2 is 1.80 bits per heavy atom. The molecule has 130 valence electrons. The lowest BCUT2D eigenvalue weighted by molar-refractivity contribution is 0.0505. The zero-order valence-electron chi connectivity index (χ0n) is 13.5. The molecule has 2 aromatic carbocycles. The van der Waals surface area contributed by atoms with Gasteiger partial charge in [-0.3, -0.25) is 10.1 Å². The van der Waals surface area contributed by atoms with Gasteiger partial charge in [-0.2, -0.15) is 0 Å². The zero-order chi connectivity index (χ0) is 18.2. The van der Waals surface area contributed by atoms with Gasteiger partial charge < -0.3 is 10.1 Å². The first kappa shape index (κ1) is 18.5. The Balaban J connectivity index is 1.93. The van der Waals surface area contributed by atoms with E-state index in [-0.39, 0.29) is 10.7 Å². The summed E-state index contributed by atoms with van der Waals surface area (Å²) < 4.78 is 18.6. The van der Waals surface area contributed by atoms with E-state index < -0.39 is 17.7 Å². The van der Waals surface area contributed by atoms with E-state index >= 15 is 0 Å². The van der Waals surface area contributed by atoms with Crippen LogP contribution >= 0.6 is 12.2 Å². The molecule has 2 N–H and O–H groups in total. The molecule has 0 radical (unpaired) electrons. The van der Waals surface area contributed by atoms with Crippen LogP contribution in [0.5, 0.6) is 0 Å². The van der Waals surface area contributed by atoms with Crippen LogP contribution in [0.15, 0.2) is 48.5 Å². The van der Waals surface area contributed by atoms with E-state index in [2.05, 4.69) is 10.6 Å². The Morgan fingerprint density at radius 1 is 1.12 bits per heavy atom. The van der Waals surface area contributed by atoms with Gasteiger partial charge in [0, 0.05) is 5.69 Å². The fourth-order valence-electron chi connectivity index (χ4n) is 1.95. The van der Waals surface area contributed by atoms with Crippen LogP contribution in [0.25, 0.3) is 0 Å². The summed E-state index contributed by atoms with van der Waals surface area (Å²) in [7, 11) is 0. The number of hydrogen-bond donors (Lipinski definition) is 2. The number of carbonyl (C=O) groups excluding carboxylic acids is 2. The molecule has 0 atom stereocenters. The molecule has 7 heteroatoms. The van der Waals surface area contributed by atoms with Crippen molar-refractivity contribution in [1.29, 1.82) is 0 Å². The molecule has 2 aromatic rings. The van der Waals surface area contributed by atoms with Gasteiger partial charge >= 0.3 is 5.97 Å². The molecule has 0 aromatic heterocycles. The van der Waals surface area contributed by atoms with Crippen molar-refractivity contribution in [2.24, 2.45) is 0 Å². The summed E-state index contributed by atoms with van der Waals surface area (Å²) in [6.07, 6.45) is 0.751. The first-order valence-electron chi connectivity index (χ1n) is 7.65. The summed E-state index contributed by atoms with van der Waals surface area (Å²) in [5, 5.41) is 5.22. The number of halogens is 1. The monoisotopic (exact) mass is 360 g/mol. The van der Waals surface area contributed by atoms with Crippen molar-refractivity contribution < 1.29 is 18.7 Å². The van der Waals surface area contributed by atoms with Crippen molar-refractivity contribution >= 4 is 34.9 Å². The van der Waals surface area contributed by atoms with Gasteiger partial charge in [-0.15, -0.1) is 0 Å². The van der Waals surface area contributed by atoms with Crippen LogP contribution in [-0.4, -0.2) is 23.6 Å². The Hall–Kier alpha value is -2.80. The van der Waals surface area contributed by atoms with Crippen molar-refractivity contribution in [3.05, 3.63) is 65.5 Å². The second-order valence-corrected chi connectivity index (χ2v) is 5.51.